The lowest BCUT2D eigenvalue weighted by atomic mass is 10.1. The normalized spacial score (nSPS) is 11.8. The fourth-order valence-corrected chi connectivity index (χ4v) is 2.42. The molecule has 2 N–H and O–H groups in total. The van der Waals surface area contributed by atoms with Crippen molar-refractivity contribution in [3.63, 3.8) is 0 Å². The van der Waals surface area contributed by atoms with Crippen LogP contribution in [0.4, 0.5) is 5.69 Å². The molecule has 0 aliphatic carbocycles. The molecule has 0 aliphatic heterocycles. The maximum atomic E-state index is 12.2. The van der Waals surface area contributed by atoms with Crippen LogP contribution in [-0.4, -0.2) is 11.9 Å². The van der Waals surface area contributed by atoms with Crippen molar-refractivity contribution in [3.8, 4) is 0 Å². The van der Waals surface area contributed by atoms with Crippen molar-refractivity contribution in [3.05, 3.63) is 64.7 Å². The molecule has 116 valence electrons. The van der Waals surface area contributed by atoms with Gasteiger partial charge in [-0.1, -0.05) is 35.9 Å². The third-order valence-electron chi connectivity index (χ3n) is 3.59. The van der Waals surface area contributed by atoms with E-state index in [1.807, 2.05) is 19.1 Å². The van der Waals surface area contributed by atoms with Gasteiger partial charge in [-0.2, -0.15) is 0 Å². The van der Waals surface area contributed by atoms with Crippen LogP contribution in [0.15, 0.2) is 42.5 Å². The Morgan fingerprint density at radius 3 is 2.14 bits per heavy atom. The first-order valence-electron chi connectivity index (χ1n) is 7.62. The van der Waals surface area contributed by atoms with E-state index in [1.165, 1.54) is 16.7 Å². The number of hydrogen-bond donors (Lipinski definition) is 2. The van der Waals surface area contributed by atoms with Crippen molar-refractivity contribution >= 4 is 11.6 Å². The highest BCUT2D eigenvalue weighted by Gasteiger charge is 2.12. The Kier molecular flexibility index (Phi) is 5.21. The zero-order valence-electron chi connectivity index (χ0n) is 13.7. The summed E-state index contributed by atoms with van der Waals surface area (Å²) in [5, 5.41) is 6.22. The summed E-state index contributed by atoms with van der Waals surface area (Å²) >= 11 is 0. The Morgan fingerprint density at radius 2 is 1.55 bits per heavy atom. The number of benzene rings is 2. The molecule has 3 heteroatoms. The Labute approximate surface area is 132 Å². The summed E-state index contributed by atoms with van der Waals surface area (Å²) in [4.78, 5) is 12.2. The summed E-state index contributed by atoms with van der Waals surface area (Å²) in [5.41, 5.74) is 5.69. The van der Waals surface area contributed by atoms with Gasteiger partial charge in [0.2, 0.25) is 5.91 Å². The largest absolute Gasteiger partial charge is 0.374 e. The van der Waals surface area contributed by atoms with Crippen molar-refractivity contribution < 1.29 is 4.79 Å². The molecule has 1 atom stereocenters. The molecule has 0 unspecified atom stereocenters. The lowest BCUT2D eigenvalue weighted by Crippen LogP contribution is -2.37. The van der Waals surface area contributed by atoms with Gasteiger partial charge in [-0.15, -0.1) is 0 Å². The molecule has 0 fully saturated rings. The average Bonchev–Trinajstić information content (AvgIpc) is 2.45. The van der Waals surface area contributed by atoms with E-state index in [0.29, 0.717) is 6.54 Å². The standard InChI is InChI=1S/C19H24N2O/c1-13-5-7-17(8-6-13)12-20-19(22)16(4)21-18-10-14(2)9-15(3)11-18/h5-11,16,21H,12H2,1-4H3,(H,20,22)/t16-/m1/s1. The topological polar surface area (TPSA) is 41.1 Å². The molecule has 0 saturated carbocycles. The highest BCUT2D eigenvalue weighted by atomic mass is 16.2. The number of carbonyl (C=O) groups is 1. The number of aryl methyl sites for hydroxylation is 3. The van der Waals surface area contributed by atoms with Crippen LogP contribution < -0.4 is 10.6 Å². The summed E-state index contributed by atoms with van der Waals surface area (Å²) < 4.78 is 0. The molecule has 2 aromatic rings. The minimum absolute atomic E-state index is 0.000246. The van der Waals surface area contributed by atoms with Gasteiger partial charge >= 0.3 is 0 Å². The third-order valence-corrected chi connectivity index (χ3v) is 3.59. The van der Waals surface area contributed by atoms with Gasteiger partial charge in [-0.25, -0.2) is 0 Å². The van der Waals surface area contributed by atoms with E-state index >= 15 is 0 Å². The van der Waals surface area contributed by atoms with Crippen LogP contribution >= 0.6 is 0 Å². The quantitative estimate of drug-likeness (QED) is 0.882. The minimum Gasteiger partial charge on any atom is -0.374 e. The van der Waals surface area contributed by atoms with E-state index in [1.54, 1.807) is 0 Å². The predicted molar refractivity (Wildman–Crippen MR) is 92.0 cm³/mol. The Hall–Kier alpha value is -2.29. The smallest absolute Gasteiger partial charge is 0.242 e. The van der Waals surface area contributed by atoms with Crippen molar-refractivity contribution in [1.82, 2.24) is 5.32 Å². The van der Waals surface area contributed by atoms with Gasteiger partial charge in [0.1, 0.15) is 6.04 Å². The molecule has 0 aromatic heterocycles. The molecule has 22 heavy (non-hydrogen) atoms. The average molecular weight is 296 g/mol. The van der Waals surface area contributed by atoms with E-state index in [9.17, 15) is 4.79 Å². The minimum atomic E-state index is -0.272. The van der Waals surface area contributed by atoms with E-state index < -0.39 is 0 Å². The molecule has 0 heterocycles. The zero-order valence-corrected chi connectivity index (χ0v) is 13.7. The van der Waals surface area contributed by atoms with Gasteiger partial charge in [0.15, 0.2) is 0 Å². The fourth-order valence-electron chi connectivity index (χ4n) is 2.42. The van der Waals surface area contributed by atoms with Crippen LogP contribution in [0.25, 0.3) is 0 Å². The van der Waals surface area contributed by atoms with Gasteiger partial charge < -0.3 is 10.6 Å². The van der Waals surface area contributed by atoms with Gasteiger partial charge in [0.25, 0.3) is 0 Å². The lowest BCUT2D eigenvalue weighted by molar-refractivity contribution is -0.121. The molecule has 0 bridgehead atoms. The van der Waals surface area contributed by atoms with Crippen molar-refractivity contribution in [1.29, 1.82) is 0 Å². The molecule has 3 nitrogen and oxygen atoms in total. The van der Waals surface area contributed by atoms with E-state index in [-0.39, 0.29) is 11.9 Å². The van der Waals surface area contributed by atoms with Crippen LogP contribution in [0.2, 0.25) is 0 Å². The first-order valence-corrected chi connectivity index (χ1v) is 7.62. The summed E-state index contributed by atoms with van der Waals surface area (Å²) in [6.45, 7) is 8.60. The highest BCUT2D eigenvalue weighted by molar-refractivity contribution is 5.84. The molecule has 0 saturated heterocycles. The van der Waals surface area contributed by atoms with E-state index in [0.717, 1.165) is 11.3 Å². The monoisotopic (exact) mass is 296 g/mol. The molecule has 0 spiro atoms. The van der Waals surface area contributed by atoms with Crippen LogP contribution in [0, 0.1) is 20.8 Å². The number of amides is 1. The predicted octanol–water partition coefficient (Wildman–Crippen LogP) is 3.73. The second kappa shape index (κ2) is 7.12. The zero-order chi connectivity index (χ0) is 16.1. The van der Waals surface area contributed by atoms with Gasteiger partial charge in [0, 0.05) is 12.2 Å². The van der Waals surface area contributed by atoms with Crippen molar-refractivity contribution in [2.24, 2.45) is 0 Å². The van der Waals surface area contributed by atoms with Crippen LogP contribution in [0.3, 0.4) is 0 Å². The van der Waals surface area contributed by atoms with Crippen LogP contribution in [-0.2, 0) is 11.3 Å². The first-order chi connectivity index (χ1) is 10.4. The molecular weight excluding hydrogens is 272 g/mol. The van der Waals surface area contributed by atoms with Crippen molar-refractivity contribution in [2.75, 3.05) is 5.32 Å². The first kappa shape index (κ1) is 16.1. The summed E-state index contributed by atoms with van der Waals surface area (Å²) in [5.74, 6) is -0.000246. The number of carbonyl (C=O) groups excluding carboxylic acids is 1. The molecule has 0 radical (unpaired) electrons. The summed E-state index contributed by atoms with van der Waals surface area (Å²) in [6.07, 6.45) is 0. The molecule has 0 aliphatic rings. The second-order valence-electron chi connectivity index (χ2n) is 5.95. The number of rotatable bonds is 5. The lowest BCUT2D eigenvalue weighted by Gasteiger charge is -2.16. The molecular formula is C19H24N2O. The number of anilines is 1. The summed E-state index contributed by atoms with van der Waals surface area (Å²) in [7, 11) is 0. The molecule has 2 rings (SSSR count). The van der Waals surface area contributed by atoms with Gasteiger partial charge in [-0.05, 0) is 56.5 Å². The van der Waals surface area contributed by atoms with Gasteiger partial charge in [0.05, 0.1) is 0 Å². The Balaban J connectivity index is 1.90. The number of hydrogen-bond acceptors (Lipinski definition) is 2. The second-order valence-corrected chi connectivity index (χ2v) is 5.95. The summed E-state index contributed by atoms with van der Waals surface area (Å²) in [6, 6.07) is 14.1. The SMILES string of the molecule is Cc1ccc(CNC(=O)[C@@H](C)Nc2cc(C)cc(C)c2)cc1. The highest BCUT2D eigenvalue weighted by Crippen LogP contribution is 2.14. The molecule has 2 aromatic carbocycles. The van der Waals surface area contributed by atoms with Gasteiger partial charge in [-0.3, -0.25) is 4.79 Å². The van der Waals surface area contributed by atoms with Crippen molar-refractivity contribution in [2.45, 2.75) is 40.3 Å². The van der Waals surface area contributed by atoms with E-state index in [4.69, 9.17) is 0 Å². The number of nitrogens with one attached hydrogen (secondary N) is 2. The maximum Gasteiger partial charge on any atom is 0.242 e. The Bertz CT molecular complexity index is 627. The maximum absolute atomic E-state index is 12.2. The Morgan fingerprint density at radius 1 is 0.955 bits per heavy atom. The van der Waals surface area contributed by atoms with E-state index in [2.05, 4.69) is 61.7 Å². The fraction of sp³-hybridized carbons (Fsp3) is 0.316. The third kappa shape index (κ3) is 4.62. The van der Waals surface area contributed by atoms with Crippen LogP contribution in [0.1, 0.15) is 29.2 Å². The van der Waals surface area contributed by atoms with Crippen LogP contribution in [0.5, 0.6) is 0 Å². The molecule has 1 amide bonds.